The van der Waals surface area contributed by atoms with Gasteiger partial charge in [-0.1, -0.05) is 0 Å². The van der Waals surface area contributed by atoms with Crippen LogP contribution in [-0.4, -0.2) is 60.9 Å². The molecule has 0 aromatic rings. The first kappa shape index (κ1) is 23.5. The Kier molecular flexibility index (Phi) is 6.91. The van der Waals surface area contributed by atoms with Crippen LogP contribution >= 0.6 is 0 Å². The van der Waals surface area contributed by atoms with Crippen LogP contribution in [0.3, 0.4) is 0 Å². The van der Waals surface area contributed by atoms with Crippen LogP contribution in [0.4, 0.5) is 17.6 Å². The van der Waals surface area contributed by atoms with Gasteiger partial charge < -0.3 is 16.0 Å². The number of fused-ring (bicyclic) bond motifs is 1. The Bertz CT molecular complexity index is 793. The largest absolute Gasteiger partial charge is 0.403 e. The fourth-order valence-corrected chi connectivity index (χ4v) is 4.66. The molecule has 2 saturated heterocycles. The van der Waals surface area contributed by atoms with E-state index in [9.17, 15) is 27.2 Å². The van der Waals surface area contributed by atoms with Crippen molar-refractivity contribution in [2.75, 3.05) is 6.54 Å². The molecule has 2 fully saturated rings. The molecule has 0 bridgehead atoms. The number of carbonyl (C=O) groups excluding carboxylic acids is 2. The minimum absolute atomic E-state index is 0.0795. The Morgan fingerprint density at radius 2 is 2.06 bits per heavy atom. The molecule has 6 unspecified atom stereocenters. The topological polar surface area (TPSA) is 106 Å². The molecular weight excluding hydrogens is 418 g/mol. The summed E-state index contributed by atoms with van der Waals surface area (Å²) in [4.78, 5) is 25.0. The first-order valence-electron chi connectivity index (χ1n) is 10.4. The van der Waals surface area contributed by atoms with Gasteiger partial charge in [0.1, 0.15) is 12.2 Å². The summed E-state index contributed by atoms with van der Waals surface area (Å²) in [6, 6.07) is -2.06. The van der Waals surface area contributed by atoms with E-state index >= 15 is 0 Å². The Morgan fingerprint density at radius 3 is 2.68 bits per heavy atom. The Hall–Kier alpha value is -2.19. The maximum atomic E-state index is 14.3. The molecule has 3 heterocycles. The van der Waals surface area contributed by atoms with Crippen molar-refractivity contribution in [1.29, 1.82) is 5.26 Å². The van der Waals surface area contributed by atoms with E-state index < -0.39 is 60.3 Å². The Balaban J connectivity index is 1.64. The van der Waals surface area contributed by atoms with Crippen molar-refractivity contribution in [2.45, 2.75) is 82.1 Å². The molecule has 0 aliphatic carbocycles. The molecule has 11 heteroatoms. The van der Waals surface area contributed by atoms with E-state index in [1.54, 1.807) is 13.8 Å². The number of amides is 2. The average Bonchev–Trinajstić information content (AvgIpc) is 2.69. The molecule has 172 valence electrons. The number of carbonyl (C=O) groups is 2. The van der Waals surface area contributed by atoms with Crippen molar-refractivity contribution in [1.82, 2.24) is 21.3 Å². The number of nitrogens with one attached hydrogen (secondary N) is 4. The van der Waals surface area contributed by atoms with Crippen molar-refractivity contribution < 1.29 is 27.2 Å². The van der Waals surface area contributed by atoms with Crippen LogP contribution in [0.15, 0.2) is 11.1 Å². The summed E-state index contributed by atoms with van der Waals surface area (Å²) in [5.41, 5.74) is 0.542. The molecule has 0 spiro atoms. The molecule has 4 N–H and O–H groups in total. The number of nitriles is 1. The van der Waals surface area contributed by atoms with Crippen LogP contribution in [-0.2, 0) is 9.59 Å². The van der Waals surface area contributed by atoms with Gasteiger partial charge in [0.15, 0.2) is 0 Å². The fourth-order valence-electron chi connectivity index (χ4n) is 4.66. The molecule has 3 aliphatic rings. The lowest BCUT2D eigenvalue weighted by atomic mass is 9.83. The van der Waals surface area contributed by atoms with E-state index in [4.69, 9.17) is 5.26 Å². The summed E-state index contributed by atoms with van der Waals surface area (Å²) in [7, 11) is 0. The highest BCUT2D eigenvalue weighted by Crippen LogP contribution is 2.33. The summed E-state index contributed by atoms with van der Waals surface area (Å²) >= 11 is 0. The second-order valence-electron chi connectivity index (χ2n) is 8.60. The summed E-state index contributed by atoms with van der Waals surface area (Å²) in [6.45, 7) is 3.52. The number of rotatable bonds is 4. The standard InChI is InChI=1S/C20H27F4N5O2/c1-9-12(19(31)28-14-3-4-15(20(22,23)24)29-17(9)14)6-16(30)27-10(2)18-13(21)5-11(7-25)8-26-18/h10-11,13-15,17-18,26,29H,3-6,8H2,1-2H3,(H,27,30)(H,28,31)/t10-,11?,13?,14?,15?,17?,18?/m0/s1. The molecule has 0 saturated carbocycles. The number of alkyl halides is 4. The van der Waals surface area contributed by atoms with Gasteiger partial charge in [0.2, 0.25) is 11.8 Å². The minimum Gasteiger partial charge on any atom is -0.352 e. The molecule has 3 aliphatic heterocycles. The highest BCUT2D eigenvalue weighted by molar-refractivity contribution is 6.00. The zero-order valence-corrected chi connectivity index (χ0v) is 17.4. The summed E-state index contributed by atoms with van der Waals surface area (Å²) in [5, 5.41) is 19.8. The van der Waals surface area contributed by atoms with Gasteiger partial charge >= 0.3 is 6.18 Å². The molecule has 0 aromatic carbocycles. The van der Waals surface area contributed by atoms with Gasteiger partial charge in [0.25, 0.3) is 0 Å². The fraction of sp³-hybridized carbons (Fsp3) is 0.750. The first-order valence-corrected chi connectivity index (χ1v) is 10.4. The van der Waals surface area contributed by atoms with Gasteiger partial charge in [-0.25, -0.2) is 4.39 Å². The number of hydrogen-bond donors (Lipinski definition) is 4. The average molecular weight is 445 g/mol. The third kappa shape index (κ3) is 5.18. The van der Waals surface area contributed by atoms with Crippen LogP contribution in [0.25, 0.3) is 0 Å². The zero-order valence-electron chi connectivity index (χ0n) is 17.4. The van der Waals surface area contributed by atoms with Crippen LogP contribution in [0.1, 0.15) is 39.5 Å². The molecule has 0 aromatic heterocycles. The second-order valence-corrected chi connectivity index (χ2v) is 8.60. The molecule has 0 radical (unpaired) electrons. The van der Waals surface area contributed by atoms with E-state index in [-0.39, 0.29) is 31.3 Å². The van der Waals surface area contributed by atoms with Crippen LogP contribution < -0.4 is 21.3 Å². The predicted molar refractivity (Wildman–Crippen MR) is 103 cm³/mol. The maximum absolute atomic E-state index is 14.3. The van der Waals surface area contributed by atoms with Gasteiger partial charge in [0.05, 0.1) is 24.4 Å². The number of nitrogens with zero attached hydrogens (tertiary/aromatic N) is 1. The third-order valence-electron chi connectivity index (χ3n) is 6.42. The molecule has 31 heavy (non-hydrogen) atoms. The van der Waals surface area contributed by atoms with Crippen LogP contribution in [0.2, 0.25) is 0 Å². The van der Waals surface area contributed by atoms with Gasteiger partial charge in [-0.15, -0.1) is 0 Å². The van der Waals surface area contributed by atoms with Crippen molar-refractivity contribution in [3.63, 3.8) is 0 Å². The number of hydrogen-bond acceptors (Lipinski definition) is 5. The quantitative estimate of drug-likeness (QED) is 0.487. The molecule has 7 nitrogen and oxygen atoms in total. The van der Waals surface area contributed by atoms with E-state index in [1.165, 1.54) is 0 Å². The first-order chi connectivity index (χ1) is 14.5. The monoisotopic (exact) mass is 445 g/mol. The highest BCUT2D eigenvalue weighted by atomic mass is 19.4. The smallest absolute Gasteiger partial charge is 0.352 e. The summed E-state index contributed by atoms with van der Waals surface area (Å²) in [6.07, 6.45) is -5.86. The van der Waals surface area contributed by atoms with Gasteiger partial charge in [0, 0.05) is 30.2 Å². The van der Waals surface area contributed by atoms with Crippen molar-refractivity contribution in [3.05, 3.63) is 11.1 Å². The van der Waals surface area contributed by atoms with E-state index in [1.807, 2.05) is 6.07 Å². The lowest BCUT2D eigenvalue weighted by Crippen LogP contribution is -2.63. The van der Waals surface area contributed by atoms with Crippen molar-refractivity contribution in [2.24, 2.45) is 5.92 Å². The van der Waals surface area contributed by atoms with Gasteiger partial charge in [-0.3, -0.25) is 14.9 Å². The van der Waals surface area contributed by atoms with E-state index in [0.717, 1.165) is 0 Å². The number of piperidine rings is 2. The molecule has 3 rings (SSSR count). The zero-order chi connectivity index (χ0) is 22.9. The molecule has 2 amide bonds. The predicted octanol–water partition coefficient (Wildman–Crippen LogP) is 1.22. The van der Waals surface area contributed by atoms with Gasteiger partial charge in [-0.2, -0.15) is 18.4 Å². The lowest BCUT2D eigenvalue weighted by Gasteiger charge is -2.42. The van der Waals surface area contributed by atoms with Crippen molar-refractivity contribution in [3.8, 4) is 6.07 Å². The molecule has 7 atom stereocenters. The minimum atomic E-state index is -4.39. The summed E-state index contributed by atoms with van der Waals surface area (Å²) < 4.78 is 53.7. The Labute approximate surface area is 178 Å². The van der Waals surface area contributed by atoms with E-state index in [0.29, 0.717) is 12.1 Å². The number of halogens is 4. The normalized spacial score (nSPS) is 34.9. The SMILES string of the molecule is CC1=C(CC(=O)N[C@@H](C)C2NCC(C#N)CC2F)C(=O)NC2CCC(C(F)(F)F)NC12. The van der Waals surface area contributed by atoms with Gasteiger partial charge in [-0.05, 0) is 38.7 Å². The lowest BCUT2D eigenvalue weighted by molar-refractivity contribution is -0.163. The second kappa shape index (κ2) is 9.12. The van der Waals surface area contributed by atoms with Crippen molar-refractivity contribution >= 4 is 11.8 Å². The maximum Gasteiger partial charge on any atom is 0.403 e. The summed E-state index contributed by atoms with van der Waals surface area (Å²) in [5.74, 6) is -1.41. The molecular formula is C20H27F4N5O2. The third-order valence-corrected chi connectivity index (χ3v) is 6.42. The van der Waals surface area contributed by atoms with E-state index in [2.05, 4.69) is 21.3 Å². The highest BCUT2D eigenvalue weighted by Gasteiger charge is 2.47. The Morgan fingerprint density at radius 1 is 1.35 bits per heavy atom. The van der Waals surface area contributed by atoms with Crippen LogP contribution in [0.5, 0.6) is 0 Å². The van der Waals surface area contributed by atoms with Crippen LogP contribution in [0, 0.1) is 17.2 Å².